The number of carbonyl (C=O) groups is 1. The quantitative estimate of drug-likeness (QED) is 0.516. The van der Waals surface area contributed by atoms with Gasteiger partial charge in [-0.05, 0) is 49.7 Å². The first-order chi connectivity index (χ1) is 14.9. The van der Waals surface area contributed by atoms with Crippen LogP contribution in [0.2, 0.25) is 5.02 Å². The minimum atomic E-state index is -0.924. The predicted molar refractivity (Wildman–Crippen MR) is 117 cm³/mol. The summed E-state index contributed by atoms with van der Waals surface area (Å²) < 4.78 is 18.9. The standard InChI is InChI=1S/C23H28ClFN2O4/c24-20-11-16(5-6-21(20)25)14-27-9-7-18(8-10-27)26-13-19(28)15-31-22-4-2-1-3-17(22)12-23(29)30/h1-6,11,18-19,26,28H,7-10,12-15H2,(H,29,30)/t19-/m1/s1. The van der Waals surface area contributed by atoms with Crippen molar-refractivity contribution in [2.24, 2.45) is 0 Å². The third-order valence-corrected chi connectivity index (χ3v) is 5.66. The Kier molecular flexibility index (Phi) is 8.66. The molecule has 0 radical (unpaired) electrons. The van der Waals surface area contributed by atoms with E-state index in [2.05, 4.69) is 10.2 Å². The predicted octanol–water partition coefficient (Wildman–Crippen LogP) is 3.10. The van der Waals surface area contributed by atoms with Gasteiger partial charge >= 0.3 is 5.97 Å². The van der Waals surface area contributed by atoms with E-state index < -0.39 is 17.9 Å². The van der Waals surface area contributed by atoms with E-state index in [4.69, 9.17) is 21.4 Å². The number of piperidine rings is 1. The number of carboxylic acids is 1. The van der Waals surface area contributed by atoms with E-state index in [0.717, 1.165) is 38.0 Å². The molecule has 1 heterocycles. The summed E-state index contributed by atoms with van der Waals surface area (Å²) in [6.07, 6.45) is 1.08. The number of aliphatic hydroxyl groups is 1. The third-order valence-electron chi connectivity index (χ3n) is 5.37. The topological polar surface area (TPSA) is 82.0 Å². The first-order valence-corrected chi connectivity index (χ1v) is 10.8. The highest BCUT2D eigenvalue weighted by Gasteiger charge is 2.20. The van der Waals surface area contributed by atoms with Gasteiger partial charge in [-0.1, -0.05) is 35.9 Å². The summed E-state index contributed by atoms with van der Waals surface area (Å²) in [4.78, 5) is 13.3. The van der Waals surface area contributed by atoms with Crippen molar-refractivity contribution >= 4 is 17.6 Å². The number of hydrogen-bond donors (Lipinski definition) is 3. The van der Waals surface area contributed by atoms with Crippen LogP contribution in [-0.2, 0) is 17.8 Å². The Bertz CT molecular complexity index is 874. The second-order valence-electron chi connectivity index (χ2n) is 7.85. The summed E-state index contributed by atoms with van der Waals surface area (Å²) in [6, 6.07) is 12.1. The number of nitrogens with zero attached hydrogens (tertiary/aromatic N) is 1. The van der Waals surface area contributed by atoms with Crippen LogP contribution in [0.15, 0.2) is 42.5 Å². The smallest absolute Gasteiger partial charge is 0.307 e. The molecule has 1 aliphatic heterocycles. The molecule has 3 rings (SSSR count). The zero-order valence-electron chi connectivity index (χ0n) is 17.3. The van der Waals surface area contributed by atoms with Crippen LogP contribution in [0.5, 0.6) is 5.75 Å². The van der Waals surface area contributed by atoms with E-state index >= 15 is 0 Å². The average Bonchev–Trinajstić information content (AvgIpc) is 2.75. The number of aliphatic hydroxyl groups excluding tert-OH is 1. The lowest BCUT2D eigenvalue weighted by Gasteiger charge is -2.33. The number of para-hydroxylation sites is 1. The Balaban J connectivity index is 1.37. The number of nitrogens with one attached hydrogen (secondary N) is 1. The van der Waals surface area contributed by atoms with Crippen molar-refractivity contribution in [2.45, 2.75) is 38.0 Å². The minimum absolute atomic E-state index is 0.0911. The zero-order valence-corrected chi connectivity index (χ0v) is 18.0. The lowest BCUT2D eigenvalue weighted by Crippen LogP contribution is -2.45. The van der Waals surface area contributed by atoms with E-state index in [1.807, 2.05) is 0 Å². The Morgan fingerprint density at radius 3 is 2.71 bits per heavy atom. The fourth-order valence-electron chi connectivity index (χ4n) is 3.69. The first-order valence-electron chi connectivity index (χ1n) is 10.4. The molecule has 6 nitrogen and oxygen atoms in total. The molecular formula is C23H28ClFN2O4. The lowest BCUT2D eigenvalue weighted by molar-refractivity contribution is -0.136. The Morgan fingerprint density at radius 1 is 1.26 bits per heavy atom. The highest BCUT2D eigenvalue weighted by atomic mass is 35.5. The van der Waals surface area contributed by atoms with Crippen molar-refractivity contribution in [3.8, 4) is 5.75 Å². The van der Waals surface area contributed by atoms with E-state index in [0.29, 0.717) is 23.9 Å². The van der Waals surface area contributed by atoms with Crippen LogP contribution in [0, 0.1) is 5.82 Å². The Morgan fingerprint density at radius 2 is 2.00 bits per heavy atom. The number of hydrogen-bond acceptors (Lipinski definition) is 5. The molecular weight excluding hydrogens is 423 g/mol. The van der Waals surface area contributed by atoms with Crippen LogP contribution in [0.4, 0.5) is 4.39 Å². The maximum atomic E-state index is 13.3. The molecule has 168 valence electrons. The van der Waals surface area contributed by atoms with E-state index in [9.17, 15) is 14.3 Å². The molecule has 0 amide bonds. The number of benzene rings is 2. The summed E-state index contributed by atoms with van der Waals surface area (Å²) in [5, 5.41) is 22.8. The highest BCUT2D eigenvalue weighted by Crippen LogP contribution is 2.20. The number of ether oxygens (including phenoxy) is 1. The monoisotopic (exact) mass is 450 g/mol. The van der Waals surface area contributed by atoms with Crippen molar-refractivity contribution in [2.75, 3.05) is 26.2 Å². The fraction of sp³-hybridized carbons (Fsp3) is 0.435. The van der Waals surface area contributed by atoms with Gasteiger partial charge in [0, 0.05) is 24.7 Å². The van der Waals surface area contributed by atoms with E-state index in [1.54, 1.807) is 36.4 Å². The van der Waals surface area contributed by atoms with Crippen molar-refractivity contribution in [3.05, 3.63) is 64.4 Å². The van der Waals surface area contributed by atoms with Gasteiger partial charge in [-0.2, -0.15) is 0 Å². The summed E-state index contributed by atoms with van der Waals surface area (Å²) >= 11 is 5.86. The normalized spacial score (nSPS) is 16.2. The Labute approximate surface area is 186 Å². The van der Waals surface area contributed by atoms with Gasteiger partial charge in [-0.25, -0.2) is 4.39 Å². The van der Waals surface area contributed by atoms with E-state index in [1.165, 1.54) is 6.07 Å². The van der Waals surface area contributed by atoms with Crippen LogP contribution in [0.25, 0.3) is 0 Å². The van der Waals surface area contributed by atoms with Crippen LogP contribution in [0.3, 0.4) is 0 Å². The second kappa shape index (κ2) is 11.4. The van der Waals surface area contributed by atoms with Crippen LogP contribution in [0.1, 0.15) is 24.0 Å². The van der Waals surface area contributed by atoms with E-state index in [-0.39, 0.29) is 18.1 Å². The maximum Gasteiger partial charge on any atom is 0.307 e. The number of carboxylic acid groups (broad SMARTS) is 1. The molecule has 2 aromatic carbocycles. The molecule has 0 bridgehead atoms. The van der Waals surface area contributed by atoms with Crippen molar-refractivity contribution in [3.63, 3.8) is 0 Å². The molecule has 8 heteroatoms. The molecule has 3 N–H and O–H groups in total. The van der Waals surface area contributed by atoms with Gasteiger partial charge in [0.2, 0.25) is 0 Å². The third kappa shape index (κ3) is 7.47. The van der Waals surface area contributed by atoms with Crippen molar-refractivity contribution < 1.29 is 24.1 Å². The number of rotatable bonds is 10. The molecule has 0 saturated carbocycles. The van der Waals surface area contributed by atoms with Gasteiger partial charge in [0.1, 0.15) is 24.3 Å². The van der Waals surface area contributed by atoms with Crippen molar-refractivity contribution in [1.29, 1.82) is 0 Å². The van der Waals surface area contributed by atoms with Gasteiger partial charge in [-0.3, -0.25) is 9.69 Å². The second-order valence-corrected chi connectivity index (χ2v) is 8.26. The zero-order chi connectivity index (χ0) is 22.2. The molecule has 0 spiro atoms. The molecule has 31 heavy (non-hydrogen) atoms. The molecule has 2 aromatic rings. The molecule has 1 atom stereocenters. The molecule has 0 aliphatic carbocycles. The summed E-state index contributed by atoms with van der Waals surface area (Å²) in [5.74, 6) is -0.841. The first kappa shape index (κ1) is 23.5. The molecule has 1 fully saturated rings. The minimum Gasteiger partial charge on any atom is -0.491 e. The van der Waals surface area contributed by atoms with Gasteiger partial charge in [0.05, 0.1) is 11.4 Å². The lowest BCUT2D eigenvalue weighted by atomic mass is 10.0. The largest absolute Gasteiger partial charge is 0.491 e. The molecule has 0 aromatic heterocycles. The SMILES string of the molecule is O=C(O)Cc1ccccc1OC[C@H](O)CNC1CCN(Cc2ccc(F)c(Cl)c2)CC1. The van der Waals surface area contributed by atoms with Gasteiger partial charge in [0.25, 0.3) is 0 Å². The number of likely N-dealkylation sites (tertiary alicyclic amines) is 1. The number of halogens is 2. The average molecular weight is 451 g/mol. The van der Waals surface area contributed by atoms with Crippen molar-refractivity contribution in [1.82, 2.24) is 10.2 Å². The van der Waals surface area contributed by atoms with Crippen LogP contribution in [-0.4, -0.2) is 59.5 Å². The molecule has 1 saturated heterocycles. The van der Waals surface area contributed by atoms with Crippen LogP contribution < -0.4 is 10.1 Å². The maximum absolute atomic E-state index is 13.3. The number of aliphatic carboxylic acids is 1. The van der Waals surface area contributed by atoms with Crippen LogP contribution >= 0.6 is 11.6 Å². The molecule has 0 unspecified atom stereocenters. The Hall–Kier alpha value is -2.19. The summed E-state index contributed by atoms with van der Waals surface area (Å²) in [5.41, 5.74) is 1.58. The van der Waals surface area contributed by atoms with Gasteiger partial charge < -0.3 is 20.3 Å². The fourth-order valence-corrected chi connectivity index (χ4v) is 3.90. The highest BCUT2D eigenvalue weighted by molar-refractivity contribution is 6.30. The van der Waals surface area contributed by atoms with Gasteiger partial charge in [0.15, 0.2) is 0 Å². The van der Waals surface area contributed by atoms with Gasteiger partial charge in [-0.15, -0.1) is 0 Å². The summed E-state index contributed by atoms with van der Waals surface area (Å²) in [7, 11) is 0. The summed E-state index contributed by atoms with van der Waals surface area (Å²) in [6.45, 7) is 3.04. The molecule has 1 aliphatic rings.